The van der Waals surface area contributed by atoms with Crippen LogP contribution in [0.4, 0.5) is 10.1 Å². The fraction of sp³-hybridized carbons (Fsp3) is 0.500. The third-order valence-corrected chi connectivity index (χ3v) is 3.32. The van der Waals surface area contributed by atoms with Crippen LogP contribution in [0.2, 0.25) is 0 Å². The molecule has 1 heterocycles. The van der Waals surface area contributed by atoms with Crippen LogP contribution in [-0.2, 0) is 4.79 Å². The van der Waals surface area contributed by atoms with E-state index in [-0.39, 0.29) is 11.6 Å². The van der Waals surface area contributed by atoms with Gasteiger partial charge in [-0.2, -0.15) is 0 Å². The summed E-state index contributed by atoms with van der Waals surface area (Å²) in [7, 11) is 1.51. The number of rotatable bonds is 4. The molecule has 0 bridgehead atoms. The molecule has 1 atom stereocenters. The molecule has 1 aromatic carbocycles. The van der Waals surface area contributed by atoms with Crippen molar-refractivity contribution in [3.63, 3.8) is 0 Å². The highest BCUT2D eigenvalue weighted by Gasteiger charge is 2.17. The summed E-state index contributed by atoms with van der Waals surface area (Å²) in [4.78, 5) is 11.9. The van der Waals surface area contributed by atoms with Crippen LogP contribution in [0.15, 0.2) is 18.2 Å². The van der Waals surface area contributed by atoms with Gasteiger partial charge < -0.3 is 15.4 Å². The van der Waals surface area contributed by atoms with Gasteiger partial charge in [0.25, 0.3) is 0 Å². The third-order valence-electron chi connectivity index (χ3n) is 3.32. The number of nitrogens with one attached hydrogen (secondary N) is 2. The van der Waals surface area contributed by atoms with Gasteiger partial charge in [-0.15, -0.1) is 0 Å². The molecule has 1 aliphatic heterocycles. The van der Waals surface area contributed by atoms with Crippen molar-refractivity contribution in [2.24, 2.45) is 5.92 Å². The Labute approximate surface area is 112 Å². The fourth-order valence-electron chi connectivity index (χ4n) is 2.29. The first-order valence-electron chi connectivity index (χ1n) is 6.53. The van der Waals surface area contributed by atoms with E-state index in [1.807, 2.05) is 0 Å². The van der Waals surface area contributed by atoms with E-state index in [4.69, 9.17) is 4.74 Å². The fourth-order valence-corrected chi connectivity index (χ4v) is 2.29. The Bertz CT molecular complexity index is 445. The molecule has 104 valence electrons. The number of anilines is 1. The Kier molecular flexibility index (Phi) is 4.74. The molecule has 19 heavy (non-hydrogen) atoms. The van der Waals surface area contributed by atoms with Gasteiger partial charge in [-0.05, 0) is 44.0 Å². The zero-order valence-electron chi connectivity index (χ0n) is 11.0. The van der Waals surface area contributed by atoms with Crippen LogP contribution in [0.1, 0.15) is 19.3 Å². The van der Waals surface area contributed by atoms with E-state index in [1.165, 1.54) is 25.3 Å². The number of amides is 1. The lowest BCUT2D eigenvalue weighted by molar-refractivity contribution is -0.117. The molecule has 1 saturated heterocycles. The van der Waals surface area contributed by atoms with Crippen molar-refractivity contribution in [3.05, 3.63) is 24.0 Å². The van der Waals surface area contributed by atoms with Crippen molar-refractivity contribution in [1.29, 1.82) is 0 Å². The normalized spacial score (nSPS) is 18.9. The van der Waals surface area contributed by atoms with E-state index in [1.54, 1.807) is 0 Å². The summed E-state index contributed by atoms with van der Waals surface area (Å²) in [6, 6.07) is 4.30. The van der Waals surface area contributed by atoms with E-state index >= 15 is 0 Å². The maximum atomic E-state index is 13.6. The van der Waals surface area contributed by atoms with Crippen LogP contribution in [0.25, 0.3) is 0 Å². The number of halogens is 1. The molecule has 1 aliphatic rings. The summed E-state index contributed by atoms with van der Waals surface area (Å²) in [5.74, 6) is 0.259. The summed E-state index contributed by atoms with van der Waals surface area (Å²) in [6.07, 6.45) is 2.55. The smallest absolute Gasteiger partial charge is 0.224 e. The maximum absolute atomic E-state index is 13.6. The molecule has 0 spiro atoms. The molecule has 0 saturated carbocycles. The Hall–Kier alpha value is -1.62. The maximum Gasteiger partial charge on any atom is 0.224 e. The van der Waals surface area contributed by atoms with Crippen LogP contribution in [0, 0.1) is 11.7 Å². The highest BCUT2D eigenvalue weighted by Crippen LogP contribution is 2.22. The number of carbonyl (C=O) groups excluding carboxylic acids is 1. The van der Waals surface area contributed by atoms with Crippen molar-refractivity contribution >= 4 is 11.6 Å². The first-order chi connectivity index (χ1) is 9.19. The van der Waals surface area contributed by atoms with E-state index in [0.29, 0.717) is 18.1 Å². The standard InChI is InChI=1S/C14H19FN2O2/c1-19-11-4-5-12(15)13(8-11)17-14(18)7-10-3-2-6-16-9-10/h4-5,8,10,16H,2-3,6-7,9H2,1H3,(H,17,18). The summed E-state index contributed by atoms with van der Waals surface area (Å²) in [5, 5.41) is 5.87. The van der Waals surface area contributed by atoms with E-state index < -0.39 is 5.82 Å². The molecule has 5 heteroatoms. The molecule has 4 nitrogen and oxygen atoms in total. The number of benzene rings is 1. The minimum absolute atomic E-state index is 0.152. The average molecular weight is 266 g/mol. The number of methoxy groups -OCH3 is 1. The molecule has 1 amide bonds. The molecule has 0 aliphatic carbocycles. The Morgan fingerprint density at radius 2 is 2.42 bits per heavy atom. The molecule has 2 N–H and O–H groups in total. The highest BCUT2D eigenvalue weighted by molar-refractivity contribution is 5.91. The first kappa shape index (κ1) is 13.8. The average Bonchev–Trinajstić information content (AvgIpc) is 2.42. The molecular formula is C14H19FN2O2. The lowest BCUT2D eigenvalue weighted by Gasteiger charge is -2.22. The van der Waals surface area contributed by atoms with Crippen molar-refractivity contribution < 1.29 is 13.9 Å². The second kappa shape index (κ2) is 6.52. The van der Waals surface area contributed by atoms with Gasteiger partial charge in [0.1, 0.15) is 11.6 Å². The highest BCUT2D eigenvalue weighted by atomic mass is 19.1. The van der Waals surface area contributed by atoms with Crippen LogP contribution in [0.5, 0.6) is 5.75 Å². The van der Waals surface area contributed by atoms with E-state index in [2.05, 4.69) is 10.6 Å². The summed E-state index contributed by atoms with van der Waals surface area (Å²) >= 11 is 0. The van der Waals surface area contributed by atoms with Crippen molar-refractivity contribution in [1.82, 2.24) is 5.32 Å². The van der Waals surface area contributed by atoms with Gasteiger partial charge in [-0.25, -0.2) is 4.39 Å². The molecule has 2 rings (SSSR count). The summed E-state index contributed by atoms with van der Waals surface area (Å²) in [5.41, 5.74) is 0.174. The van der Waals surface area contributed by atoms with Gasteiger partial charge >= 0.3 is 0 Å². The lowest BCUT2D eigenvalue weighted by atomic mass is 9.96. The van der Waals surface area contributed by atoms with Crippen LogP contribution < -0.4 is 15.4 Å². The Morgan fingerprint density at radius 1 is 1.58 bits per heavy atom. The molecule has 1 unspecified atom stereocenters. The first-order valence-corrected chi connectivity index (χ1v) is 6.53. The zero-order valence-corrected chi connectivity index (χ0v) is 11.0. The summed E-state index contributed by atoms with van der Waals surface area (Å²) in [6.45, 7) is 1.87. The minimum Gasteiger partial charge on any atom is -0.497 e. The van der Waals surface area contributed by atoms with Gasteiger partial charge in [0.05, 0.1) is 12.8 Å². The van der Waals surface area contributed by atoms with Gasteiger partial charge in [0, 0.05) is 12.5 Å². The second-order valence-corrected chi connectivity index (χ2v) is 4.81. The molecule has 1 aromatic rings. The molecular weight excluding hydrogens is 247 g/mol. The Morgan fingerprint density at radius 3 is 3.11 bits per heavy atom. The van der Waals surface area contributed by atoms with E-state index in [0.717, 1.165) is 25.9 Å². The van der Waals surface area contributed by atoms with Gasteiger partial charge in [-0.1, -0.05) is 0 Å². The van der Waals surface area contributed by atoms with E-state index in [9.17, 15) is 9.18 Å². The van der Waals surface area contributed by atoms with Crippen LogP contribution in [-0.4, -0.2) is 26.1 Å². The minimum atomic E-state index is -0.448. The van der Waals surface area contributed by atoms with Crippen molar-refractivity contribution in [2.75, 3.05) is 25.5 Å². The number of ether oxygens (including phenoxy) is 1. The monoisotopic (exact) mass is 266 g/mol. The van der Waals surface area contributed by atoms with Crippen LogP contribution in [0.3, 0.4) is 0 Å². The number of piperidine rings is 1. The van der Waals surface area contributed by atoms with Gasteiger partial charge in [-0.3, -0.25) is 4.79 Å². The van der Waals surface area contributed by atoms with Gasteiger partial charge in [0.15, 0.2) is 0 Å². The topological polar surface area (TPSA) is 50.4 Å². The zero-order chi connectivity index (χ0) is 13.7. The molecule has 1 fully saturated rings. The van der Waals surface area contributed by atoms with Crippen molar-refractivity contribution in [3.8, 4) is 5.75 Å². The number of hydrogen-bond donors (Lipinski definition) is 2. The largest absolute Gasteiger partial charge is 0.497 e. The number of hydrogen-bond acceptors (Lipinski definition) is 3. The Balaban J connectivity index is 1.94. The lowest BCUT2D eigenvalue weighted by Crippen LogP contribution is -2.32. The predicted molar refractivity (Wildman–Crippen MR) is 71.8 cm³/mol. The third kappa shape index (κ3) is 3.92. The SMILES string of the molecule is COc1ccc(F)c(NC(=O)CC2CCCNC2)c1. The molecule has 0 aromatic heterocycles. The quantitative estimate of drug-likeness (QED) is 0.878. The summed E-state index contributed by atoms with van der Waals surface area (Å²) < 4.78 is 18.6. The molecule has 0 radical (unpaired) electrons. The predicted octanol–water partition coefficient (Wildman–Crippen LogP) is 2.16. The number of carbonyl (C=O) groups is 1. The van der Waals surface area contributed by atoms with Crippen molar-refractivity contribution in [2.45, 2.75) is 19.3 Å². The van der Waals surface area contributed by atoms with Gasteiger partial charge in [0.2, 0.25) is 5.91 Å². The second-order valence-electron chi connectivity index (χ2n) is 4.81. The van der Waals surface area contributed by atoms with Crippen LogP contribution >= 0.6 is 0 Å².